The Labute approximate surface area is 115 Å². The van der Waals surface area contributed by atoms with E-state index < -0.39 is 31.0 Å². The smallest absolute Gasteiger partial charge is 0.389 e. The van der Waals surface area contributed by atoms with Gasteiger partial charge in [-0.05, 0) is 0 Å². The molecule has 0 spiro atoms. The summed E-state index contributed by atoms with van der Waals surface area (Å²) in [6.45, 7) is 2.89. The minimum Gasteiger partial charge on any atom is -0.390 e. The van der Waals surface area contributed by atoms with Crippen molar-refractivity contribution in [1.82, 2.24) is 9.80 Å². The van der Waals surface area contributed by atoms with Crippen LogP contribution in [0.3, 0.4) is 0 Å². The van der Waals surface area contributed by atoms with Crippen LogP contribution in [0.5, 0.6) is 0 Å². The van der Waals surface area contributed by atoms with Crippen molar-refractivity contribution in [2.24, 2.45) is 0 Å². The summed E-state index contributed by atoms with van der Waals surface area (Å²) in [5, 5.41) is 9.99. The maximum atomic E-state index is 12.1. The molecule has 2 atom stereocenters. The first-order valence-corrected chi connectivity index (χ1v) is 6.71. The highest BCUT2D eigenvalue weighted by molar-refractivity contribution is 5.76. The number of ether oxygens (including phenoxy) is 1. The molecule has 8 heteroatoms. The zero-order valence-electron chi connectivity index (χ0n) is 11.1. The molecule has 2 aliphatic heterocycles. The van der Waals surface area contributed by atoms with Gasteiger partial charge in [-0.2, -0.15) is 13.2 Å². The quantitative estimate of drug-likeness (QED) is 0.810. The van der Waals surface area contributed by atoms with E-state index >= 15 is 0 Å². The minimum absolute atomic E-state index is 0.110. The molecule has 2 fully saturated rings. The van der Waals surface area contributed by atoms with Crippen molar-refractivity contribution in [2.75, 3.05) is 39.4 Å². The van der Waals surface area contributed by atoms with Crippen molar-refractivity contribution < 1.29 is 27.8 Å². The van der Waals surface area contributed by atoms with Gasteiger partial charge in [-0.3, -0.25) is 9.69 Å². The highest BCUT2D eigenvalue weighted by atomic mass is 19.4. The summed E-state index contributed by atoms with van der Waals surface area (Å²) in [6.07, 6.45) is -6.69. The van der Waals surface area contributed by atoms with Crippen LogP contribution in [-0.2, 0) is 9.53 Å². The highest BCUT2D eigenvalue weighted by Crippen LogP contribution is 2.24. The number of halogens is 3. The zero-order valence-corrected chi connectivity index (χ0v) is 11.1. The second-order valence-electron chi connectivity index (χ2n) is 5.20. The second kappa shape index (κ2) is 6.28. The van der Waals surface area contributed by atoms with Crippen LogP contribution in [0.4, 0.5) is 13.2 Å². The number of nitrogens with zero attached hydrogens (tertiary/aromatic N) is 2. The molecule has 0 saturated carbocycles. The lowest BCUT2D eigenvalue weighted by Crippen LogP contribution is -2.49. The molecule has 0 aromatic rings. The summed E-state index contributed by atoms with van der Waals surface area (Å²) in [6, 6.07) is -0.200. The van der Waals surface area contributed by atoms with Crippen molar-refractivity contribution in [3.05, 3.63) is 0 Å². The summed E-state index contributed by atoms with van der Waals surface area (Å²) >= 11 is 0. The van der Waals surface area contributed by atoms with Gasteiger partial charge in [-0.15, -0.1) is 0 Å². The van der Waals surface area contributed by atoms with E-state index in [1.165, 1.54) is 4.90 Å². The van der Waals surface area contributed by atoms with Gasteiger partial charge in [0.25, 0.3) is 0 Å². The number of carbonyl (C=O) groups excluding carboxylic acids is 1. The van der Waals surface area contributed by atoms with Crippen LogP contribution in [0.2, 0.25) is 0 Å². The Kier molecular flexibility index (Phi) is 4.87. The highest BCUT2D eigenvalue weighted by Gasteiger charge is 2.38. The number of hydrogen-bond donors (Lipinski definition) is 1. The molecule has 0 radical (unpaired) electrons. The fraction of sp³-hybridized carbons (Fsp3) is 0.917. The summed E-state index contributed by atoms with van der Waals surface area (Å²) in [4.78, 5) is 15.1. The number of β-amino-alcohol motifs (C(OH)–C–C–N with tert-alkyl or cyclic N) is 1. The van der Waals surface area contributed by atoms with Crippen molar-refractivity contribution in [2.45, 2.75) is 31.2 Å². The number of alkyl halides is 3. The van der Waals surface area contributed by atoms with Gasteiger partial charge in [0.15, 0.2) is 0 Å². The van der Waals surface area contributed by atoms with Gasteiger partial charge < -0.3 is 14.7 Å². The fourth-order valence-electron chi connectivity index (χ4n) is 2.65. The van der Waals surface area contributed by atoms with Gasteiger partial charge in [-0.25, -0.2) is 0 Å². The molecule has 0 unspecified atom stereocenters. The molecular weight excluding hydrogens is 277 g/mol. The molecule has 5 nitrogen and oxygen atoms in total. The molecule has 0 aliphatic carbocycles. The zero-order chi connectivity index (χ0) is 14.8. The largest absolute Gasteiger partial charge is 0.390 e. The van der Waals surface area contributed by atoms with E-state index in [1.807, 2.05) is 4.90 Å². The van der Waals surface area contributed by atoms with Crippen LogP contribution in [-0.4, -0.2) is 78.5 Å². The maximum Gasteiger partial charge on any atom is 0.389 e. The second-order valence-corrected chi connectivity index (χ2v) is 5.20. The summed E-state index contributed by atoms with van der Waals surface area (Å²) in [7, 11) is 0. The Bertz CT molecular complexity index is 345. The number of likely N-dealkylation sites (tertiary alicyclic amines) is 1. The molecule has 2 saturated heterocycles. The Morgan fingerprint density at radius 1 is 1.25 bits per heavy atom. The van der Waals surface area contributed by atoms with Crippen LogP contribution >= 0.6 is 0 Å². The van der Waals surface area contributed by atoms with Crippen LogP contribution < -0.4 is 0 Å². The van der Waals surface area contributed by atoms with Gasteiger partial charge in [0, 0.05) is 32.6 Å². The molecule has 2 aliphatic rings. The number of hydrogen-bond acceptors (Lipinski definition) is 4. The number of amides is 1. The molecular formula is C12H19F3N2O3. The summed E-state index contributed by atoms with van der Waals surface area (Å²) in [5.74, 6) is -0.544. The van der Waals surface area contributed by atoms with Crippen LogP contribution in [0.25, 0.3) is 0 Å². The van der Waals surface area contributed by atoms with E-state index in [-0.39, 0.29) is 19.1 Å². The Balaban J connectivity index is 1.84. The molecule has 1 N–H and O–H groups in total. The third-order valence-electron chi connectivity index (χ3n) is 3.75. The lowest BCUT2D eigenvalue weighted by atomic mass is 10.1. The Hall–Kier alpha value is -0.860. The number of aliphatic hydroxyl groups excluding tert-OH is 1. The maximum absolute atomic E-state index is 12.1. The summed E-state index contributed by atoms with van der Waals surface area (Å²) < 4.78 is 41.5. The van der Waals surface area contributed by atoms with Crippen LogP contribution in [0.1, 0.15) is 12.8 Å². The van der Waals surface area contributed by atoms with Crippen molar-refractivity contribution in [3.8, 4) is 0 Å². The molecule has 20 heavy (non-hydrogen) atoms. The van der Waals surface area contributed by atoms with Crippen molar-refractivity contribution >= 4 is 5.91 Å². The molecule has 116 valence electrons. The fourth-order valence-corrected chi connectivity index (χ4v) is 2.65. The van der Waals surface area contributed by atoms with E-state index in [0.29, 0.717) is 26.3 Å². The van der Waals surface area contributed by atoms with E-state index in [0.717, 1.165) is 0 Å². The predicted octanol–water partition coefficient (Wildman–Crippen LogP) is 0.233. The van der Waals surface area contributed by atoms with E-state index in [4.69, 9.17) is 4.74 Å². The van der Waals surface area contributed by atoms with Gasteiger partial charge in [-0.1, -0.05) is 0 Å². The lowest BCUT2D eigenvalue weighted by molar-refractivity contribution is -0.148. The molecule has 0 bridgehead atoms. The first-order chi connectivity index (χ1) is 9.37. The number of rotatable bonds is 3. The third-order valence-corrected chi connectivity index (χ3v) is 3.75. The van der Waals surface area contributed by atoms with Crippen molar-refractivity contribution in [3.63, 3.8) is 0 Å². The first kappa shape index (κ1) is 15.5. The number of morpholine rings is 1. The summed E-state index contributed by atoms with van der Waals surface area (Å²) in [5.41, 5.74) is 0. The Morgan fingerprint density at radius 3 is 2.50 bits per heavy atom. The first-order valence-electron chi connectivity index (χ1n) is 6.71. The molecule has 0 aromatic carbocycles. The monoisotopic (exact) mass is 296 g/mol. The standard InChI is InChI=1S/C12H19F3N2O3/c13-12(14,15)2-1-11(19)17-7-9(10(18)8-17)16-3-5-20-6-4-16/h9-10,18H,1-8H2/t9-,10-/m0/s1. The van der Waals surface area contributed by atoms with E-state index in [1.54, 1.807) is 0 Å². The topological polar surface area (TPSA) is 53.0 Å². The SMILES string of the molecule is O=C(CCC(F)(F)F)N1C[C@H](O)[C@@H](N2CCOCC2)C1. The normalized spacial score (nSPS) is 28.9. The van der Waals surface area contributed by atoms with Crippen LogP contribution in [0, 0.1) is 0 Å². The number of carbonyl (C=O) groups is 1. The number of aliphatic hydroxyl groups is 1. The van der Waals surface area contributed by atoms with Crippen molar-refractivity contribution in [1.29, 1.82) is 0 Å². The average molecular weight is 296 g/mol. The molecule has 2 heterocycles. The van der Waals surface area contributed by atoms with Gasteiger partial charge in [0.1, 0.15) is 0 Å². The minimum atomic E-state index is -4.32. The third kappa shape index (κ3) is 4.07. The lowest BCUT2D eigenvalue weighted by Gasteiger charge is -2.33. The van der Waals surface area contributed by atoms with E-state index in [2.05, 4.69) is 0 Å². The van der Waals surface area contributed by atoms with Gasteiger partial charge >= 0.3 is 6.18 Å². The Morgan fingerprint density at radius 2 is 1.90 bits per heavy atom. The van der Waals surface area contributed by atoms with E-state index in [9.17, 15) is 23.1 Å². The van der Waals surface area contributed by atoms with Gasteiger partial charge in [0.2, 0.25) is 5.91 Å². The average Bonchev–Trinajstić information content (AvgIpc) is 2.78. The predicted molar refractivity (Wildman–Crippen MR) is 64.1 cm³/mol. The van der Waals surface area contributed by atoms with Gasteiger partial charge in [0.05, 0.1) is 31.8 Å². The molecule has 0 aromatic heterocycles. The molecule has 2 rings (SSSR count). The van der Waals surface area contributed by atoms with Crippen LogP contribution in [0.15, 0.2) is 0 Å². The molecule has 1 amide bonds.